The van der Waals surface area contributed by atoms with Gasteiger partial charge in [0.05, 0.1) is 12.1 Å². The summed E-state index contributed by atoms with van der Waals surface area (Å²) in [5.74, 6) is 0.766. The highest BCUT2D eigenvalue weighted by molar-refractivity contribution is 6.01. The molecular weight excluding hydrogens is 202 g/mol. The van der Waals surface area contributed by atoms with Crippen molar-refractivity contribution in [1.29, 1.82) is 0 Å². The molecule has 0 atom stereocenters. The second-order valence-corrected chi connectivity index (χ2v) is 3.75. The highest BCUT2D eigenvalue weighted by Gasteiger charge is 2.15. The molecule has 0 aromatic heterocycles. The molecule has 16 heavy (non-hydrogen) atoms. The van der Waals surface area contributed by atoms with Gasteiger partial charge in [-0.05, 0) is 22.9 Å². The van der Waals surface area contributed by atoms with Crippen LogP contribution < -0.4 is 0 Å². The number of aromatic hydroxyl groups is 1. The van der Waals surface area contributed by atoms with Crippen molar-refractivity contribution in [3.8, 4) is 5.75 Å². The summed E-state index contributed by atoms with van der Waals surface area (Å²) in [6.07, 6.45) is 0. The third kappa shape index (κ3) is 1.41. The topological polar surface area (TPSA) is 41.8 Å². The van der Waals surface area contributed by atoms with Gasteiger partial charge in [-0.1, -0.05) is 24.3 Å². The zero-order chi connectivity index (χ0) is 11.0. The first-order chi connectivity index (χ1) is 7.84. The van der Waals surface area contributed by atoms with Gasteiger partial charge in [0.2, 0.25) is 5.90 Å². The summed E-state index contributed by atoms with van der Waals surface area (Å²) in [5.41, 5.74) is 0.677. The van der Waals surface area contributed by atoms with Crippen molar-refractivity contribution in [3.63, 3.8) is 0 Å². The molecule has 0 saturated carbocycles. The van der Waals surface area contributed by atoms with Gasteiger partial charge in [-0.2, -0.15) is 0 Å². The molecule has 0 radical (unpaired) electrons. The van der Waals surface area contributed by atoms with E-state index in [2.05, 4.69) is 4.99 Å². The van der Waals surface area contributed by atoms with E-state index in [9.17, 15) is 5.11 Å². The fraction of sp³-hybridized carbons (Fsp3) is 0.154. The van der Waals surface area contributed by atoms with E-state index in [4.69, 9.17) is 4.74 Å². The fourth-order valence-electron chi connectivity index (χ4n) is 1.90. The summed E-state index contributed by atoms with van der Waals surface area (Å²) in [5, 5.41) is 12.0. The van der Waals surface area contributed by atoms with Crippen LogP contribution in [-0.2, 0) is 4.74 Å². The standard InChI is InChI=1S/C13H11NO2/c15-12-8-10-4-2-1-3-9(10)7-11(12)13-14-5-6-16-13/h1-4,7-8,15H,5-6H2. The lowest BCUT2D eigenvalue weighted by atomic mass is 10.1. The van der Waals surface area contributed by atoms with Gasteiger partial charge in [0.1, 0.15) is 12.4 Å². The first-order valence-corrected chi connectivity index (χ1v) is 5.24. The van der Waals surface area contributed by atoms with E-state index in [-0.39, 0.29) is 5.75 Å². The molecule has 3 heteroatoms. The molecule has 0 amide bonds. The third-order valence-corrected chi connectivity index (χ3v) is 2.68. The van der Waals surface area contributed by atoms with Gasteiger partial charge in [-0.15, -0.1) is 0 Å². The molecule has 3 rings (SSSR count). The molecule has 1 N–H and O–H groups in total. The Hall–Kier alpha value is -2.03. The Morgan fingerprint density at radius 3 is 2.56 bits per heavy atom. The van der Waals surface area contributed by atoms with Crippen molar-refractivity contribution in [1.82, 2.24) is 0 Å². The average molecular weight is 213 g/mol. The minimum Gasteiger partial charge on any atom is -0.507 e. The molecule has 2 aromatic rings. The van der Waals surface area contributed by atoms with Gasteiger partial charge < -0.3 is 9.84 Å². The van der Waals surface area contributed by atoms with Crippen molar-refractivity contribution in [2.75, 3.05) is 13.2 Å². The maximum atomic E-state index is 9.91. The predicted molar refractivity (Wildman–Crippen MR) is 63.0 cm³/mol. The largest absolute Gasteiger partial charge is 0.507 e. The van der Waals surface area contributed by atoms with E-state index in [0.29, 0.717) is 24.6 Å². The molecule has 1 aliphatic heterocycles. The van der Waals surface area contributed by atoms with Crippen molar-refractivity contribution in [2.45, 2.75) is 0 Å². The lowest BCUT2D eigenvalue weighted by Gasteiger charge is -2.06. The number of hydrogen-bond donors (Lipinski definition) is 1. The molecule has 1 aliphatic rings. The van der Waals surface area contributed by atoms with E-state index in [1.54, 1.807) is 6.07 Å². The van der Waals surface area contributed by atoms with Crippen LogP contribution in [0.3, 0.4) is 0 Å². The minimum atomic E-state index is 0.222. The number of rotatable bonds is 1. The smallest absolute Gasteiger partial charge is 0.220 e. The molecule has 0 aliphatic carbocycles. The average Bonchev–Trinajstić information content (AvgIpc) is 2.81. The van der Waals surface area contributed by atoms with E-state index >= 15 is 0 Å². The van der Waals surface area contributed by atoms with Gasteiger partial charge in [0.25, 0.3) is 0 Å². The zero-order valence-electron chi connectivity index (χ0n) is 8.68. The van der Waals surface area contributed by atoms with E-state index in [1.165, 1.54) is 0 Å². The van der Waals surface area contributed by atoms with Crippen molar-refractivity contribution in [2.24, 2.45) is 4.99 Å². The molecule has 1 heterocycles. The summed E-state index contributed by atoms with van der Waals surface area (Å²) >= 11 is 0. The molecule has 0 saturated heterocycles. The number of ether oxygens (including phenoxy) is 1. The normalized spacial score (nSPS) is 14.9. The third-order valence-electron chi connectivity index (χ3n) is 2.68. The summed E-state index contributed by atoms with van der Waals surface area (Å²) < 4.78 is 5.36. The molecule has 80 valence electrons. The number of phenols is 1. The Labute approximate surface area is 93.0 Å². The van der Waals surface area contributed by atoms with Gasteiger partial charge in [-0.3, -0.25) is 0 Å². The zero-order valence-corrected chi connectivity index (χ0v) is 8.68. The molecule has 0 spiro atoms. The van der Waals surface area contributed by atoms with Crippen LogP contribution in [0, 0.1) is 0 Å². The van der Waals surface area contributed by atoms with E-state index in [1.807, 2.05) is 30.3 Å². The Balaban J connectivity index is 2.21. The Morgan fingerprint density at radius 1 is 1.12 bits per heavy atom. The maximum Gasteiger partial charge on any atom is 0.220 e. The Morgan fingerprint density at radius 2 is 1.88 bits per heavy atom. The fourth-order valence-corrected chi connectivity index (χ4v) is 1.90. The van der Waals surface area contributed by atoms with Crippen LogP contribution in [-0.4, -0.2) is 24.2 Å². The number of hydrogen-bond acceptors (Lipinski definition) is 3. The van der Waals surface area contributed by atoms with E-state index < -0.39 is 0 Å². The number of phenolic OH excluding ortho intramolecular Hbond substituents is 1. The monoisotopic (exact) mass is 213 g/mol. The SMILES string of the molecule is Oc1cc2ccccc2cc1C1=NCCO1. The Bertz CT molecular complexity index is 575. The first-order valence-electron chi connectivity index (χ1n) is 5.24. The quantitative estimate of drug-likeness (QED) is 0.789. The van der Waals surface area contributed by atoms with Crippen LogP contribution in [0.4, 0.5) is 0 Å². The predicted octanol–water partition coefficient (Wildman–Crippen LogP) is 2.32. The maximum absolute atomic E-state index is 9.91. The molecule has 3 nitrogen and oxygen atoms in total. The first kappa shape index (κ1) is 9.21. The number of nitrogens with zero attached hydrogens (tertiary/aromatic N) is 1. The number of benzene rings is 2. The summed E-state index contributed by atoms with van der Waals surface area (Å²) in [6, 6.07) is 11.6. The molecule has 0 fully saturated rings. The molecule has 2 aromatic carbocycles. The molecule has 0 unspecified atom stereocenters. The molecule has 0 bridgehead atoms. The van der Waals surface area contributed by atoms with Gasteiger partial charge in [0, 0.05) is 0 Å². The van der Waals surface area contributed by atoms with Crippen LogP contribution in [0.1, 0.15) is 5.56 Å². The number of aliphatic imine (C=N–C) groups is 1. The minimum absolute atomic E-state index is 0.222. The van der Waals surface area contributed by atoms with Crippen molar-refractivity contribution < 1.29 is 9.84 Å². The molecular formula is C13H11NO2. The van der Waals surface area contributed by atoms with Gasteiger partial charge in [0.15, 0.2) is 0 Å². The second kappa shape index (κ2) is 3.52. The highest BCUT2D eigenvalue weighted by atomic mass is 16.5. The summed E-state index contributed by atoms with van der Waals surface area (Å²) in [4.78, 5) is 4.21. The van der Waals surface area contributed by atoms with Gasteiger partial charge in [-0.25, -0.2) is 4.99 Å². The van der Waals surface area contributed by atoms with Crippen LogP contribution in [0.15, 0.2) is 41.4 Å². The lowest BCUT2D eigenvalue weighted by molar-refractivity contribution is 0.346. The van der Waals surface area contributed by atoms with E-state index in [0.717, 1.165) is 10.8 Å². The Kier molecular flexibility index (Phi) is 2.03. The second-order valence-electron chi connectivity index (χ2n) is 3.75. The van der Waals surface area contributed by atoms with Gasteiger partial charge >= 0.3 is 0 Å². The summed E-state index contributed by atoms with van der Waals surface area (Å²) in [7, 11) is 0. The van der Waals surface area contributed by atoms with Crippen LogP contribution in [0.25, 0.3) is 10.8 Å². The summed E-state index contributed by atoms with van der Waals surface area (Å²) in [6.45, 7) is 1.27. The van der Waals surface area contributed by atoms with Crippen LogP contribution in [0.2, 0.25) is 0 Å². The highest BCUT2D eigenvalue weighted by Crippen LogP contribution is 2.26. The number of fused-ring (bicyclic) bond motifs is 1. The van der Waals surface area contributed by atoms with Crippen molar-refractivity contribution >= 4 is 16.7 Å². The van der Waals surface area contributed by atoms with Crippen LogP contribution in [0.5, 0.6) is 5.75 Å². The lowest BCUT2D eigenvalue weighted by Crippen LogP contribution is -2.01. The van der Waals surface area contributed by atoms with Crippen molar-refractivity contribution in [3.05, 3.63) is 42.0 Å². The van der Waals surface area contributed by atoms with Crippen LogP contribution >= 0.6 is 0 Å².